The van der Waals surface area contributed by atoms with Crippen molar-refractivity contribution >= 4 is 17.3 Å². The van der Waals surface area contributed by atoms with Crippen LogP contribution in [0, 0.1) is 15.5 Å². The van der Waals surface area contributed by atoms with Crippen molar-refractivity contribution in [2.45, 2.75) is 33.1 Å². The first-order valence-electron chi connectivity index (χ1n) is 6.61. The van der Waals surface area contributed by atoms with Crippen molar-refractivity contribution in [3.8, 4) is 0 Å². The minimum absolute atomic E-state index is 0.00803. The van der Waals surface area contributed by atoms with E-state index in [0.717, 1.165) is 31.7 Å². The first-order valence-corrected chi connectivity index (χ1v) is 6.61. The third kappa shape index (κ3) is 2.77. The van der Waals surface area contributed by atoms with Crippen LogP contribution < -0.4 is 10.6 Å². The number of pyridine rings is 1. The van der Waals surface area contributed by atoms with Crippen LogP contribution in [0.1, 0.15) is 33.1 Å². The molecular formula is C13H20N4O2. The molecule has 1 aliphatic heterocycles. The number of nitrogen functional groups attached to an aromatic ring is 1. The van der Waals surface area contributed by atoms with Crippen LogP contribution in [0.3, 0.4) is 0 Å². The molecule has 19 heavy (non-hydrogen) atoms. The molecule has 0 radical (unpaired) electrons. The van der Waals surface area contributed by atoms with E-state index < -0.39 is 4.92 Å². The molecule has 104 valence electrons. The lowest BCUT2D eigenvalue weighted by molar-refractivity contribution is -0.384. The average molecular weight is 264 g/mol. The average Bonchev–Trinajstić information content (AvgIpc) is 2.39. The van der Waals surface area contributed by atoms with Crippen molar-refractivity contribution in [2.75, 3.05) is 23.7 Å². The van der Waals surface area contributed by atoms with Crippen LogP contribution in [-0.2, 0) is 0 Å². The summed E-state index contributed by atoms with van der Waals surface area (Å²) in [6, 6.07) is 3.12. The molecule has 0 spiro atoms. The first-order chi connectivity index (χ1) is 8.95. The Hall–Kier alpha value is -1.85. The predicted octanol–water partition coefficient (Wildman–Crippen LogP) is 2.59. The van der Waals surface area contributed by atoms with Gasteiger partial charge < -0.3 is 10.6 Å². The zero-order valence-corrected chi connectivity index (χ0v) is 11.4. The lowest BCUT2D eigenvalue weighted by Crippen LogP contribution is -2.38. The molecule has 1 aromatic rings. The lowest BCUT2D eigenvalue weighted by atomic mass is 9.78. The topological polar surface area (TPSA) is 85.3 Å². The molecule has 2 heterocycles. The van der Waals surface area contributed by atoms with Crippen LogP contribution in [-0.4, -0.2) is 23.0 Å². The minimum atomic E-state index is -0.504. The van der Waals surface area contributed by atoms with Gasteiger partial charge in [-0.15, -0.1) is 0 Å². The summed E-state index contributed by atoms with van der Waals surface area (Å²) >= 11 is 0. The van der Waals surface area contributed by atoms with Crippen LogP contribution in [0.5, 0.6) is 0 Å². The highest BCUT2D eigenvalue weighted by atomic mass is 16.6. The van der Waals surface area contributed by atoms with E-state index >= 15 is 0 Å². The highest BCUT2D eigenvalue weighted by molar-refractivity contribution is 5.58. The number of nitro groups is 1. The summed E-state index contributed by atoms with van der Waals surface area (Å²) in [5.74, 6) is 0.729. The Morgan fingerprint density at radius 3 is 2.58 bits per heavy atom. The minimum Gasteiger partial charge on any atom is -0.378 e. The van der Waals surface area contributed by atoms with E-state index in [9.17, 15) is 10.1 Å². The second-order valence-corrected chi connectivity index (χ2v) is 5.48. The van der Waals surface area contributed by atoms with Crippen LogP contribution >= 0.6 is 0 Å². The number of rotatable bonds is 3. The molecule has 1 saturated heterocycles. The third-order valence-electron chi connectivity index (χ3n) is 4.23. The molecule has 2 N–H and O–H groups in total. The molecule has 0 bridgehead atoms. The summed E-state index contributed by atoms with van der Waals surface area (Å²) in [6.45, 7) is 6.38. The zero-order chi connectivity index (χ0) is 14.0. The molecule has 1 aliphatic rings. The number of aromatic nitrogens is 1. The summed E-state index contributed by atoms with van der Waals surface area (Å²) in [6.07, 6.45) is 3.40. The number of nitrogens with zero attached hydrogens (tertiary/aromatic N) is 3. The molecule has 1 fully saturated rings. The van der Waals surface area contributed by atoms with Crippen LogP contribution in [0.15, 0.2) is 12.1 Å². The summed E-state index contributed by atoms with van der Waals surface area (Å²) in [5.41, 5.74) is 5.91. The van der Waals surface area contributed by atoms with Crippen molar-refractivity contribution < 1.29 is 4.92 Å². The maximum absolute atomic E-state index is 10.7. The second kappa shape index (κ2) is 5.03. The van der Waals surface area contributed by atoms with Gasteiger partial charge >= 0.3 is 5.69 Å². The van der Waals surface area contributed by atoms with E-state index in [0.29, 0.717) is 5.41 Å². The molecule has 0 saturated carbocycles. The SMILES string of the molecule is CCC1(C)CCN(c2ccc([N+](=O)[O-])c(N)n2)CC1. The highest BCUT2D eigenvalue weighted by Crippen LogP contribution is 2.35. The third-order valence-corrected chi connectivity index (χ3v) is 4.23. The van der Waals surface area contributed by atoms with Crippen molar-refractivity contribution in [3.05, 3.63) is 22.2 Å². The van der Waals surface area contributed by atoms with Gasteiger partial charge in [-0.3, -0.25) is 10.1 Å². The lowest BCUT2D eigenvalue weighted by Gasteiger charge is -2.39. The summed E-state index contributed by atoms with van der Waals surface area (Å²) in [7, 11) is 0. The maximum atomic E-state index is 10.7. The van der Waals surface area contributed by atoms with Gasteiger partial charge in [0.1, 0.15) is 5.82 Å². The summed E-state index contributed by atoms with van der Waals surface area (Å²) in [4.78, 5) is 16.5. The molecule has 6 nitrogen and oxygen atoms in total. The zero-order valence-electron chi connectivity index (χ0n) is 11.4. The Kier molecular flexibility index (Phi) is 3.59. The van der Waals surface area contributed by atoms with Crippen LogP contribution in [0.25, 0.3) is 0 Å². The molecule has 0 aromatic carbocycles. The Balaban J connectivity index is 2.12. The first kappa shape index (κ1) is 13.6. The van der Waals surface area contributed by atoms with E-state index in [4.69, 9.17) is 5.73 Å². The van der Waals surface area contributed by atoms with Gasteiger partial charge in [0.15, 0.2) is 0 Å². The molecule has 0 unspecified atom stereocenters. The van der Waals surface area contributed by atoms with E-state index in [2.05, 4.69) is 23.7 Å². The van der Waals surface area contributed by atoms with Gasteiger partial charge in [0, 0.05) is 19.2 Å². The summed E-state index contributed by atoms with van der Waals surface area (Å²) < 4.78 is 0. The van der Waals surface area contributed by atoms with E-state index in [1.807, 2.05) is 0 Å². The van der Waals surface area contributed by atoms with Crippen molar-refractivity contribution in [3.63, 3.8) is 0 Å². The second-order valence-electron chi connectivity index (χ2n) is 5.48. The van der Waals surface area contributed by atoms with Gasteiger partial charge in [-0.05, 0) is 24.3 Å². The molecule has 1 aromatic heterocycles. The van der Waals surface area contributed by atoms with Gasteiger partial charge in [0.05, 0.1) is 4.92 Å². The number of hydrogen-bond donors (Lipinski definition) is 1. The number of anilines is 2. The number of piperidine rings is 1. The molecule has 0 atom stereocenters. The van der Waals surface area contributed by atoms with E-state index in [1.165, 1.54) is 12.5 Å². The maximum Gasteiger partial charge on any atom is 0.311 e. The smallest absolute Gasteiger partial charge is 0.311 e. The molecule has 0 aliphatic carbocycles. The fourth-order valence-electron chi connectivity index (χ4n) is 2.42. The fourth-order valence-corrected chi connectivity index (χ4v) is 2.42. The quantitative estimate of drug-likeness (QED) is 0.670. The van der Waals surface area contributed by atoms with E-state index in [1.54, 1.807) is 6.07 Å². The van der Waals surface area contributed by atoms with Crippen LogP contribution in [0.4, 0.5) is 17.3 Å². The normalized spacial score (nSPS) is 18.3. The fraction of sp³-hybridized carbons (Fsp3) is 0.615. The standard InChI is InChI=1S/C13H20N4O2/c1-3-13(2)6-8-16(9-7-13)11-5-4-10(17(18)19)12(14)15-11/h4-5H,3,6-9H2,1-2H3,(H2,14,15). The van der Waals surface area contributed by atoms with Crippen molar-refractivity contribution in [1.82, 2.24) is 4.98 Å². The molecule has 6 heteroatoms. The molecule has 0 amide bonds. The molecule has 2 rings (SSSR count). The predicted molar refractivity (Wildman–Crippen MR) is 75.1 cm³/mol. The Morgan fingerprint density at radius 2 is 2.11 bits per heavy atom. The van der Waals surface area contributed by atoms with Gasteiger partial charge in [-0.2, -0.15) is 0 Å². The van der Waals surface area contributed by atoms with Crippen LogP contribution in [0.2, 0.25) is 0 Å². The molecular weight excluding hydrogens is 244 g/mol. The monoisotopic (exact) mass is 264 g/mol. The van der Waals surface area contributed by atoms with E-state index in [-0.39, 0.29) is 11.5 Å². The van der Waals surface area contributed by atoms with Crippen molar-refractivity contribution in [1.29, 1.82) is 0 Å². The van der Waals surface area contributed by atoms with Gasteiger partial charge in [-0.25, -0.2) is 4.98 Å². The number of nitrogens with two attached hydrogens (primary N) is 1. The Labute approximate surface area is 112 Å². The number of hydrogen-bond acceptors (Lipinski definition) is 5. The van der Waals surface area contributed by atoms with Gasteiger partial charge in [0.2, 0.25) is 5.82 Å². The largest absolute Gasteiger partial charge is 0.378 e. The Bertz CT molecular complexity index is 482. The Morgan fingerprint density at radius 1 is 1.47 bits per heavy atom. The van der Waals surface area contributed by atoms with Crippen molar-refractivity contribution in [2.24, 2.45) is 5.41 Å². The van der Waals surface area contributed by atoms with Gasteiger partial charge in [0.25, 0.3) is 0 Å². The highest BCUT2D eigenvalue weighted by Gasteiger charge is 2.29. The summed E-state index contributed by atoms with van der Waals surface area (Å²) in [5, 5.41) is 10.7. The van der Waals surface area contributed by atoms with Gasteiger partial charge in [-0.1, -0.05) is 20.3 Å².